The Balaban J connectivity index is 2.93. The first-order valence-corrected chi connectivity index (χ1v) is 6.40. The number of amides is 1. The average molecular weight is 272 g/mol. The number of hydrogen-bond acceptors (Lipinski definition) is 4. The number of benzene rings is 1. The minimum Gasteiger partial charge on any atom is -0.480 e. The third kappa shape index (κ3) is 3.82. The Kier molecular flexibility index (Phi) is 4.40. The Bertz CT molecular complexity index is 541. The van der Waals surface area contributed by atoms with Crippen LogP contribution in [0.4, 0.5) is 0 Å². The molecule has 0 radical (unpaired) electrons. The van der Waals surface area contributed by atoms with E-state index in [4.69, 9.17) is 10.8 Å². The van der Waals surface area contributed by atoms with Crippen molar-refractivity contribution in [3.8, 4) is 0 Å². The topological polar surface area (TPSA) is 127 Å². The highest BCUT2D eigenvalue weighted by molar-refractivity contribution is 7.89. The minimum atomic E-state index is -3.99. The second-order valence-corrected chi connectivity index (χ2v) is 5.21. The molecule has 0 aliphatic rings. The van der Waals surface area contributed by atoms with Crippen LogP contribution in [-0.4, -0.2) is 31.4 Å². The van der Waals surface area contributed by atoms with E-state index in [-0.39, 0.29) is 4.90 Å². The zero-order valence-electron chi connectivity index (χ0n) is 9.24. The Morgan fingerprint density at radius 1 is 1.28 bits per heavy atom. The molecule has 1 aromatic carbocycles. The number of aliphatic carboxylic acids is 1. The molecule has 18 heavy (non-hydrogen) atoms. The molecule has 0 aromatic heterocycles. The van der Waals surface area contributed by atoms with Gasteiger partial charge in [0.25, 0.3) is 0 Å². The van der Waals surface area contributed by atoms with Crippen molar-refractivity contribution in [2.75, 3.05) is 0 Å². The van der Waals surface area contributed by atoms with E-state index in [0.717, 1.165) is 0 Å². The van der Waals surface area contributed by atoms with Crippen molar-refractivity contribution >= 4 is 21.9 Å². The monoisotopic (exact) mass is 272 g/mol. The molecule has 0 bridgehead atoms. The van der Waals surface area contributed by atoms with Gasteiger partial charge in [-0.2, -0.15) is 4.72 Å². The molecule has 4 N–H and O–H groups in total. The maximum absolute atomic E-state index is 11.8. The molecule has 98 valence electrons. The van der Waals surface area contributed by atoms with Gasteiger partial charge < -0.3 is 10.8 Å². The quantitative estimate of drug-likeness (QED) is 0.630. The van der Waals surface area contributed by atoms with Gasteiger partial charge in [-0.1, -0.05) is 18.2 Å². The molecule has 1 amide bonds. The van der Waals surface area contributed by atoms with Crippen LogP contribution < -0.4 is 10.5 Å². The molecule has 0 spiro atoms. The van der Waals surface area contributed by atoms with E-state index in [1.807, 2.05) is 4.72 Å². The number of primary amides is 1. The Morgan fingerprint density at radius 2 is 1.83 bits per heavy atom. The molecule has 0 saturated heterocycles. The maximum Gasteiger partial charge on any atom is 0.322 e. The van der Waals surface area contributed by atoms with Crippen molar-refractivity contribution in [1.29, 1.82) is 0 Å². The van der Waals surface area contributed by atoms with Crippen LogP contribution in [0.3, 0.4) is 0 Å². The fraction of sp³-hybridized carbons (Fsp3) is 0.200. The van der Waals surface area contributed by atoms with E-state index in [0.29, 0.717) is 0 Å². The number of carboxylic acid groups (broad SMARTS) is 1. The van der Waals surface area contributed by atoms with Crippen molar-refractivity contribution < 1.29 is 23.1 Å². The largest absolute Gasteiger partial charge is 0.480 e. The smallest absolute Gasteiger partial charge is 0.322 e. The summed E-state index contributed by atoms with van der Waals surface area (Å²) < 4.78 is 25.5. The first kappa shape index (κ1) is 14.1. The number of carboxylic acids is 1. The molecular formula is C10H12N2O5S. The third-order valence-corrected chi connectivity index (χ3v) is 3.54. The number of carbonyl (C=O) groups excluding carboxylic acids is 1. The number of sulfonamides is 1. The molecular weight excluding hydrogens is 260 g/mol. The van der Waals surface area contributed by atoms with Gasteiger partial charge in [0.15, 0.2) is 0 Å². The van der Waals surface area contributed by atoms with Crippen molar-refractivity contribution in [1.82, 2.24) is 4.72 Å². The van der Waals surface area contributed by atoms with Gasteiger partial charge in [0.2, 0.25) is 15.9 Å². The molecule has 7 nitrogen and oxygen atoms in total. The second kappa shape index (κ2) is 5.61. The summed E-state index contributed by atoms with van der Waals surface area (Å²) in [7, 11) is -3.99. The number of hydrogen-bond donors (Lipinski definition) is 3. The lowest BCUT2D eigenvalue weighted by atomic mass is 10.2. The van der Waals surface area contributed by atoms with Gasteiger partial charge in [-0.15, -0.1) is 0 Å². The highest BCUT2D eigenvalue weighted by Crippen LogP contribution is 2.09. The first-order chi connectivity index (χ1) is 8.33. The highest BCUT2D eigenvalue weighted by Gasteiger charge is 2.26. The molecule has 0 aliphatic heterocycles. The van der Waals surface area contributed by atoms with Gasteiger partial charge in [0, 0.05) is 0 Å². The van der Waals surface area contributed by atoms with Crippen LogP contribution in [-0.2, 0) is 19.6 Å². The Hall–Kier alpha value is -1.93. The minimum absolute atomic E-state index is 0.0827. The Morgan fingerprint density at radius 3 is 2.28 bits per heavy atom. The standard InChI is InChI=1S/C10H12N2O5S/c11-9(13)6-8(10(14)15)12-18(16,17)7-4-2-1-3-5-7/h1-5,8,12H,6H2,(H2,11,13)(H,14,15)/t8-/m1/s1. The van der Waals surface area contributed by atoms with E-state index < -0.39 is 34.4 Å². The second-order valence-electron chi connectivity index (χ2n) is 3.50. The van der Waals surface area contributed by atoms with E-state index in [1.54, 1.807) is 6.07 Å². The van der Waals surface area contributed by atoms with Gasteiger partial charge in [-0.25, -0.2) is 8.42 Å². The van der Waals surface area contributed by atoms with Crippen molar-refractivity contribution in [2.45, 2.75) is 17.4 Å². The maximum atomic E-state index is 11.8. The summed E-state index contributed by atoms with van der Waals surface area (Å²) >= 11 is 0. The zero-order valence-corrected chi connectivity index (χ0v) is 10.1. The van der Waals surface area contributed by atoms with Gasteiger partial charge in [-0.05, 0) is 12.1 Å². The van der Waals surface area contributed by atoms with Gasteiger partial charge in [0.1, 0.15) is 6.04 Å². The van der Waals surface area contributed by atoms with E-state index in [9.17, 15) is 18.0 Å². The summed E-state index contributed by atoms with van der Waals surface area (Å²) in [6, 6.07) is 5.66. The van der Waals surface area contributed by atoms with Crippen LogP contribution in [0.2, 0.25) is 0 Å². The summed E-state index contributed by atoms with van der Waals surface area (Å²) in [5, 5.41) is 8.80. The number of nitrogens with two attached hydrogens (primary N) is 1. The molecule has 0 unspecified atom stereocenters. The molecule has 1 rings (SSSR count). The molecule has 1 atom stereocenters. The summed E-state index contributed by atoms with van der Waals surface area (Å²) in [4.78, 5) is 21.4. The SMILES string of the molecule is NC(=O)C[C@@H](NS(=O)(=O)c1ccccc1)C(=O)O. The summed E-state index contributed by atoms with van der Waals surface area (Å²) in [5.41, 5.74) is 4.85. The van der Waals surface area contributed by atoms with Crippen LogP contribution in [0, 0.1) is 0 Å². The average Bonchev–Trinajstić information content (AvgIpc) is 2.28. The van der Waals surface area contributed by atoms with E-state index >= 15 is 0 Å². The Labute approximate surface area is 104 Å². The fourth-order valence-electron chi connectivity index (χ4n) is 1.24. The van der Waals surface area contributed by atoms with Crippen LogP contribution in [0.25, 0.3) is 0 Å². The summed E-state index contributed by atoms with van der Waals surface area (Å²) in [6.07, 6.45) is -0.610. The summed E-state index contributed by atoms with van der Waals surface area (Å²) in [6.45, 7) is 0. The molecule has 8 heteroatoms. The predicted octanol–water partition coefficient (Wildman–Crippen LogP) is -0.706. The van der Waals surface area contributed by atoms with Crippen molar-refractivity contribution in [2.24, 2.45) is 5.73 Å². The van der Waals surface area contributed by atoms with E-state index in [2.05, 4.69) is 0 Å². The van der Waals surface area contributed by atoms with Crippen LogP contribution >= 0.6 is 0 Å². The van der Waals surface area contributed by atoms with Crippen molar-refractivity contribution in [3.05, 3.63) is 30.3 Å². The molecule has 1 aromatic rings. The lowest BCUT2D eigenvalue weighted by Gasteiger charge is -2.13. The predicted molar refractivity (Wildman–Crippen MR) is 62.0 cm³/mol. The normalized spacial score (nSPS) is 12.9. The molecule has 0 fully saturated rings. The van der Waals surface area contributed by atoms with E-state index in [1.165, 1.54) is 24.3 Å². The fourth-order valence-corrected chi connectivity index (χ4v) is 2.45. The van der Waals surface area contributed by atoms with Gasteiger partial charge in [-0.3, -0.25) is 9.59 Å². The van der Waals surface area contributed by atoms with Gasteiger partial charge >= 0.3 is 5.97 Å². The molecule has 0 heterocycles. The molecule has 0 aliphatic carbocycles. The lowest BCUT2D eigenvalue weighted by molar-refractivity contribution is -0.140. The third-order valence-electron chi connectivity index (χ3n) is 2.05. The highest BCUT2D eigenvalue weighted by atomic mass is 32.2. The first-order valence-electron chi connectivity index (χ1n) is 4.91. The van der Waals surface area contributed by atoms with Crippen LogP contribution in [0.15, 0.2) is 35.2 Å². The number of rotatable bonds is 6. The number of carbonyl (C=O) groups is 2. The lowest BCUT2D eigenvalue weighted by Crippen LogP contribution is -2.43. The van der Waals surface area contributed by atoms with Crippen molar-refractivity contribution in [3.63, 3.8) is 0 Å². The van der Waals surface area contributed by atoms with Gasteiger partial charge in [0.05, 0.1) is 11.3 Å². The van der Waals surface area contributed by atoms with Crippen LogP contribution in [0.1, 0.15) is 6.42 Å². The van der Waals surface area contributed by atoms with Crippen LogP contribution in [0.5, 0.6) is 0 Å². The zero-order chi connectivity index (χ0) is 13.8. The number of nitrogens with one attached hydrogen (secondary N) is 1. The summed E-state index contributed by atoms with van der Waals surface area (Å²) in [5.74, 6) is -2.37. The molecule has 0 saturated carbocycles.